The largest absolute Gasteiger partial charge is 0.450 e. The molecule has 1 aromatic heterocycles. The second-order valence-electron chi connectivity index (χ2n) is 4.88. The van der Waals surface area contributed by atoms with Crippen molar-refractivity contribution in [2.24, 2.45) is 0 Å². The van der Waals surface area contributed by atoms with Crippen LogP contribution in [0.2, 0.25) is 0 Å². The molecule has 23 heavy (non-hydrogen) atoms. The first-order chi connectivity index (χ1) is 10.9. The standard InChI is InChI=1S/C16H10BrNO5/c1-9-6-16(19)23-15-8-11(3-4-12(9)15)22-14-5-2-10(17)7-13(14)18(20)21/h2-8H,1H3. The van der Waals surface area contributed by atoms with Gasteiger partial charge in [0.15, 0.2) is 0 Å². The van der Waals surface area contributed by atoms with Crippen molar-refractivity contribution in [1.29, 1.82) is 0 Å². The zero-order valence-electron chi connectivity index (χ0n) is 11.9. The quantitative estimate of drug-likeness (QED) is 0.380. The fraction of sp³-hybridized carbons (Fsp3) is 0.0625. The summed E-state index contributed by atoms with van der Waals surface area (Å²) in [5, 5.41) is 11.9. The lowest BCUT2D eigenvalue weighted by Crippen LogP contribution is -1.98. The van der Waals surface area contributed by atoms with Gasteiger partial charge in [-0.15, -0.1) is 0 Å². The topological polar surface area (TPSA) is 82.6 Å². The molecule has 1 heterocycles. The van der Waals surface area contributed by atoms with Gasteiger partial charge in [-0.1, -0.05) is 15.9 Å². The molecule has 3 aromatic rings. The number of aryl methyl sites for hydroxylation is 1. The Balaban J connectivity index is 2.06. The first-order valence-electron chi connectivity index (χ1n) is 6.60. The molecule has 116 valence electrons. The highest BCUT2D eigenvalue weighted by Gasteiger charge is 2.16. The number of halogens is 1. The van der Waals surface area contributed by atoms with Crippen molar-refractivity contribution in [1.82, 2.24) is 0 Å². The highest BCUT2D eigenvalue weighted by atomic mass is 79.9. The van der Waals surface area contributed by atoms with Crippen LogP contribution in [0.3, 0.4) is 0 Å². The van der Waals surface area contributed by atoms with Crippen LogP contribution in [0.15, 0.2) is 56.1 Å². The van der Waals surface area contributed by atoms with Gasteiger partial charge >= 0.3 is 11.3 Å². The molecule has 0 saturated heterocycles. The van der Waals surface area contributed by atoms with Crippen molar-refractivity contribution in [3.8, 4) is 11.5 Å². The van der Waals surface area contributed by atoms with Gasteiger partial charge in [-0.25, -0.2) is 4.79 Å². The third kappa shape index (κ3) is 3.09. The molecule has 0 atom stereocenters. The molecular weight excluding hydrogens is 366 g/mol. The molecule has 0 radical (unpaired) electrons. The Hall–Kier alpha value is -2.67. The molecule has 0 fully saturated rings. The number of ether oxygens (including phenoxy) is 1. The van der Waals surface area contributed by atoms with Crippen LogP contribution in [-0.4, -0.2) is 4.92 Å². The summed E-state index contributed by atoms with van der Waals surface area (Å²) < 4.78 is 11.3. The lowest BCUT2D eigenvalue weighted by Gasteiger charge is -2.08. The van der Waals surface area contributed by atoms with E-state index in [1.54, 1.807) is 25.1 Å². The van der Waals surface area contributed by atoms with Gasteiger partial charge in [0.2, 0.25) is 5.75 Å². The lowest BCUT2D eigenvalue weighted by atomic mass is 10.1. The number of nitro benzene ring substituents is 1. The molecule has 0 N–H and O–H groups in total. The predicted octanol–water partition coefficient (Wildman–Crippen LogP) is 4.56. The Morgan fingerprint density at radius 3 is 2.70 bits per heavy atom. The van der Waals surface area contributed by atoms with Gasteiger partial charge in [0.25, 0.3) is 0 Å². The van der Waals surface area contributed by atoms with E-state index in [1.807, 2.05) is 0 Å². The second kappa shape index (κ2) is 5.85. The zero-order valence-corrected chi connectivity index (χ0v) is 13.5. The molecule has 6 nitrogen and oxygen atoms in total. The number of benzene rings is 2. The number of hydrogen-bond donors (Lipinski definition) is 0. The molecule has 2 aromatic carbocycles. The molecule has 0 unspecified atom stereocenters. The number of rotatable bonds is 3. The maximum atomic E-state index is 11.5. The van der Waals surface area contributed by atoms with Crippen LogP contribution in [0.5, 0.6) is 11.5 Å². The third-order valence-corrected chi connectivity index (χ3v) is 3.76. The van der Waals surface area contributed by atoms with Crippen LogP contribution in [0.1, 0.15) is 5.56 Å². The summed E-state index contributed by atoms with van der Waals surface area (Å²) in [7, 11) is 0. The van der Waals surface area contributed by atoms with E-state index in [1.165, 1.54) is 24.3 Å². The highest BCUT2D eigenvalue weighted by Crippen LogP contribution is 2.34. The number of nitrogens with zero attached hydrogens (tertiary/aromatic N) is 1. The molecular formula is C16H10BrNO5. The van der Waals surface area contributed by atoms with Gasteiger partial charge in [-0.05, 0) is 36.8 Å². The lowest BCUT2D eigenvalue weighted by molar-refractivity contribution is -0.385. The van der Waals surface area contributed by atoms with E-state index in [0.717, 1.165) is 10.9 Å². The molecule has 0 aliphatic heterocycles. The summed E-state index contributed by atoms with van der Waals surface area (Å²) in [6.07, 6.45) is 0. The minimum Gasteiger partial charge on any atom is -0.450 e. The summed E-state index contributed by atoms with van der Waals surface area (Å²) in [6.45, 7) is 1.80. The van der Waals surface area contributed by atoms with Gasteiger partial charge in [-0.2, -0.15) is 0 Å². The van der Waals surface area contributed by atoms with Crippen molar-refractivity contribution < 1.29 is 14.1 Å². The van der Waals surface area contributed by atoms with Crippen molar-refractivity contribution in [3.63, 3.8) is 0 Å². The highest BCUT2D eigenvalue weighted by molar-refractivity contribution is 9.10. The smallest absolute Gasteiger partial charge is 0.336 e. The summed E-state index contributed by atoms with van der Waals surface area (Å²) in [4.78, 5) is 22.0. The average molecular weight is 376 g/mol. The first kappa shape index (κ1) is 15.2. The monoisotopic (exact) mass is 375 g/mol. The van der Waals surface area contributed by atoms with Gasteiger partial charge in [0, 0.05) is 28.1 Å². The minimum atomic E-state index is -0.522. The van der Waals surface area contributed by atoms with Crippen molar-refractivity contribution in [3.05, 3.63) is 73.0 Å². The molecule has 7 heteroatoms. The van der Waals surface area contributed by atoms with Gasteiger partial charge in [0.05, 0.1) is 4.92 Å². The fourth-order valence-electron chi connectivity index (χ4n) is 2.22. The maximum absolute atomic E-state index is 11.5. The van der Waals surface area contributed by atoms with E-state index >= 15 is 0 Å². The Morgan fingerprint density at radius 2 is 1.96 bits per heavy atom. The molecule has 0 amide bonds. The third-order valence-electron chi connectivity index (χ3n) is 3.27. The van der Waals surface area contributed by atoms with E-state index in [9.17, 15) is 14.9 Å². The van der Waals surface area contributed by atoms with Crippen LogP contribution in [-0.2, 0) is 0 Å². The minimum absolute atomic E-state index is 0.104. The summed E-state index contributed by atoms with van der Waals surface area (Å²) in [6, 6.07) is 10.9. The number of nitro groups is 1. The Kier molecular flexibility index (Phi) is 3.87. The molecule has 0 saturated carbocycles. The second-order valence-corrected chi connectivity index (χ2v) is 5.79. The van der Waals surface area contributed by atoms with Crippen LogP contribution in [0, 0.1) is 17.0 Å². The maximum Gasteiger partial charge on any atom is 0.336 e. The Labute approximate surface area is 138 Å². The Morgan fingerprint density at radius 1 is 1.17 bits per heavy atom. The predicted molar refractivity (Wildman–Crippen MR) is 88.1 cm³/mol. The van der Waals surface area contributed by atoms with Gasteiger partial charge in [-0.3, -0.25) is 10.1 Å². The first-order valence-corrected chi connectivity index (χ1v) is 7.39. The van der Waals surface area contributed by atoms with Gasteiger partial charge in [0.1, 0.15) is 11.3 Å². The zero-order chi connectivity index (χ0) is 16.6. The molecule has 0 spiro atoms. The van der Waals surface area contributed by atoms with E-state index in [0.29, 0.717) is 15.8 Å². The Bertz CT molecular complexity index is 980. The van der Waals surface area contributed by atoms with E-state index < -0.39 is 10.5 Å². The molecule has 3 rings (SSSR count). The fourth-order valence-corrected chi connectivity index (χ4v) is 2.56. The summed E-state index contributed by atoms with van der Waals surface area (Å²) in [5.41, 5.74) is 0.539. The number of hydrogen-bond acceptors (Lipinski definition) is 5. The van der Waals surface area contributed by atoms with Crippen molar-refractivity contribution >= 4 is 32.6 Å². The van der Waals surface area contributed by atoms with Crippen LogP contribution in [0.4, 0.5) is 5.69 Å². The SMILES string of the molecule is Cc1cc(=O)oc2cc(Oc3ccc(Br)cc3[N+](=O)[O-])ccc12. The van der Waals surface area contributed by atoms with E-state index in [-0.39, 0.29) is 11.4 Å². The van der Waals surface area contributed by atoms with E-state index in [2.05, 4.69) is 15.9 Å². The molecule has 0 bridgehead atoms. The number of fused-ring (bicyclic) bond motifs is 1. The van der Waals surface area contributed by atoms with Crippen molar-refractivity contribution in [2.75, 3.05) is 0 Å². The van der Waals surface area contributed by atoms with Crippen LogP contribution >= 0.6 is 15.9 Å². The average Bonchev–Trinajstić information content (AvgIpc) is 2.48. The van der Waals surface area contributed by atoms with Gasteiger partial charge < -0.3 is 9.15 Å². The van der Waals surface area contributed by atoms with Crippen LogP contribution in [0.25, 0.3) is 11.0 Å². The molecule has 0 aliphatic rings. The van der Waals surface area contributed by atoms with E-state index in [4.69, 9.17) is 9.15 Å². The normalized spacial score (nSPS) is 10.7. The summed E-state index contributed by atoms with van der Waals surface area (Å²) in [5.74, 6) is 0.448. The summed E-state index contributed by atoms with van der Waals surface area (Å²) >= 11 is 3.19. The van der Waals surface area contributed by atoms with Crippen LogP contribution < -0.4 is 10.4 Å². The molecule has 0 aliphatic carbocycles. The van der Waals surface area contributed by atoms with Crippen molar-refractivity contribution in [2.45, 2.75) is 6.92 Å².